The monoisotopic (exact) mass is 158 g/mol. The van der Waals surface area contributed by atoms with Crippen LogP contribution in [0.1, 0.15) is 34.1 Å². The van der Waals surface area contributed by atoms with Crippen molar-refractivity contribution in [3.63, 3.8) is 0 Å². The Hall–Kier alpha value is -0.240. The molecule has 0 aromatic rings. The van der Waals surface area contributed by atoms with Crippen LogP contribution in [0.5, 0.6) is 0 Å². The standard InChI is InChI=1S/C8H14OS/c1-6(10)5-7(9)8(2,3)4/h5H2,1-4H3. The van der Waals surface area contributed by atoms with Gasteiger partial charge in [0, 0.05) is 11.8 Å². The summed E-state index contributed by atoms with van der Waals surface area (Å²) in [7, 11) is 0. The highest BCUT2D eigenvalue weighted by Crippen LogP contribution is 2.16. The van der Waals surface area contributed by atoms with Gasteiger partial charge in [0.05, 0.1) is 0 Å². The maximum absolute atomic E-state index is 11.2. The van der Waals surface area contributed by atoms with Crippen molar-refractivity contribution in [2.75, 3.05) is 0 Å². The molecule has 0 saturated heterocycles. The van der Waals surface area contributed by atoms with Crippen molar-refractivity contribution in [2.45, 2.75) is 34.1 Å². The molecule has 1 nitrogen and oxygen atoms in total. The zero-order valence-electron chi connectivity index (χ0n) is 7.02. The van der Waals surface area contributed by atoms with E-state index in [1.54, 1.807) is 6.92 Å². The van der Waals surface area contributed by atoms with Crippen LogP contribution in [0, 0.1) is 5.41 Å². The fourth-order valence-electron chi connectivity index (χ4n) is 0.491. The Labute approximate surface area is 67.8 Å². The Kier molecular flexibility index (Phi) is 3.16. The Balaban J connectivity index is 3.99. The summed E-state index contributed by atoms with van der Waals surface area (Å²) >= 11 is 4.82. The highest BCUT2D eigenvalue weighted by Gasteiger charge is 2.20. The lowest BCUT2D eigenvalue weighted by atomic mass is 9.88. The second kappa shape index (κ2) is 3.24. The molecule has 0 bridgehead atoms. The van der Waals surface area contributed by atoms with Crippen LogP contribution in [0.3, 0.4) is 0 Å². The molecule has 0 aliphatic carbocycles. The molecule has 0 spiro atoms. The minimum atomic E-state index is -0.236. The first-order valence-electron chi connectivity index (χ1n) is 3.37. The smallest absolute Gasteiger partial charge is 0.143 e. The summed E-state index contributed by atoms with van der Waals surface area (Å²) in [4.78, 5) is 12.0. The van der Waals surface area contributed by atoms with Crippen LogP contribution in [0.15, 0.2) is 0 Å². The van der Waals surface area contributed by atoms with E-state index in [0.717, 1.165) is 4.86 Å². The SMILES string of the molecule is CC(=S)CC(=O)C(C)(C)C. The highest BCUT2D eigenvalue weighted by atomic mass is 32.1. The van der Waals surface area contributed by atoms with Gasteiger partial charge in [0.25, 0.3) is 0 Å². The highest BCUT2D eigenvalue weighted by molar-refractivity contribution is 7.80. The first-order chi connectivity index (χ1) is 4.34. The van der Waals surface area contributed by atoms with Gasteiger partial charge in [0.15, 0.2) is 0 Å². The maximum Gasteiger partial charge on any atom is 0.143 e. The molecule has 0 aliphatic rings. The molecule has 0 unspecified atom stereocenters. The van der Waals surface area contributed by atoms with Crippen LogP contribution >= 0.6 is 12.2 Å². The molecule has 0 atom stereocenters. The quantitative estimate of drug-likeness (QED) is 0.574. The van der Waals surface area contributed by atoms with Gasteiger partial charge in [-0.2, -0.15) is 0 Å². The lowest BCUT2D eigenvalue weighted by Gasteiger charge is -2.15. The third-order valence-electron chi connectivity index (χ3n) is 1.25. The summed E-state index contributed by atoms with van der Waals surface area (Å²) < 4.78 is 0. The van der Waals surface area contributed by atoms with Crippen molar-refractivity contribution >= 4 is 22.9 Å². The molecule has 2 heteroatoms. The van der Waals surface area contributed by atoms with E-state index in [2.05, 4.69) is 0 Å². The molecule has 0 aliphatic heterocycles. The minimum absolute atomic E-state index is 0.222. The van der Waals surface area contributed by atoms with Crippen LogP contribution in [0.2, 0.25) is 0 Å². The molecule has 0 fully saturated rings. The molecule has 0 rings (SSSR count). The fraction of sp³-hybridized carbons (Fsp3) is 0.750. The molecule has 0 amide bonds. The summed E-state index contributed by atoms with van der Waals surface area (Å²) in [6, 6.07) is 0. The van der Waals surface area contributed by atoms with Crippen LogP contribution in [-0.4, -0.2) is 10.6 Å². The fourth-order valence-corrected chi connectivity index (χ4v) is 0.622. The topological polar surface area (TPSA) is 17.1 Å². The van der Waals surface area contributed by atoms with Gasteiger partial charge in [-0.15, -0.1) is 0 Å². The van der Waals surface area contributed by atoms with Crippen molar-refractivity contribution < 1.29 is 4.79 Å². The molecule has 0 radical (unpaired) electrons. The number of ketones is 1. The van der Waals surface area contributed by atoms with Crippen molar-refractivity contribution in [3.8, 4) is 0 Å². The Bertz CT molecular complexity index is 153. The molecule has 58 valence electrons. The van der Waals surface area contributed by atoms with E-state index in [0.29, 0.717) is 6.42 Å². The maximum atomic E-state index is 11.2. The third kappa shape index (κ3) is 3.72. The largest absolute Gasteiger partial charge is 0.299 e. The Morgan fingerprint density at radius 3 is 1.90 bits per heavy atom. The summed E-state index contributed by atoms with van der Waals surface area (Å²) in [5.74, 6) is 0.222. The number of thiocarbonyl (C=S) groups is 1. The van der Waals surface area contributed by atoms with Crippen molar-refractivity contribution in [2.24, 2.45) is 5.41 Å². The van der Waals surface area contributed by atoms with Gasteiger partial charge < -0.3 is 0 Å². The lowest BCUT2D eigenvalue weighted by molar-refractivity contribution is -0.125. The number of Topliss-reactive ketones (excluding diaryl/α,β-unsaturated/α-hetero) is 1. The molecular weight excluding hydrogens is 144 g/mol. The predicted octanol–water partition coefficient (Wildman–Crippen LogP) is 2.38. The second-order valence-corrected chi connectivity index (χ2v) is 4.25. The summed E-state index contributed by atoms with van der Waals surface area (Å²) in [5.41, 5.74) is -0.236. The minimum Gasteiger partial charge on any atom is -0.299 e. The number of carbonyl (C=O) groups is 1. The van der Waals surface area contributed by atoms with Gasteiger partial charge in [0.2, 0.25) is 0 Å². The average Bonchev–Trinajstić information content (AvgIpc) is 1.60. The zero-order chi connectivity index (χ0) is 8.36. The number of hydrogen-bond acceptors (Lipinski definition) is 2. The summed E-state index contributed by atoms with van der Waals surface area (Å²) in [5, 5.41) is 0. The molecule has 0 heterocycles. The Morgan fingerprint density at radius 1 is 1.40 bits per heavy atom. The van der Waals surface area contributed by atoms with Gasteiger partial charge in [-0.1, -0.05) is 33.0 Å². The first kappa shape index (κ1) is 9.76. The molecule has 0 aromatic carbocycles. The molecular formula is C8H14OS. The van der Waals surface area contributed by atoms with E-state index >= 15 is 0 Å². The van der Waals surface area contributed by atoms with Gasteiger partial charge in [-0.25, -0.2) is 0 Å². The van der Waals surface area contributed by atoms with E-state index in [1.807, 2.05) is 20.8 Å². The third-order valence-corrected chi connectivity index (χ3v) is 1.39. The van der Waals surface area contributed by atoms with E-state index in [1.165, 1.54) is 0 Å². The molecule has 10 heavy (non-hydrogen) atoms. The lowest BCUT2D eigenvalue weighted by Crippen LogP contribution is -2.21. The van der Waals surface area contributed by atoms with Gasteiger partial charge >= 0.3 is 0 Å². The van der Waals surface area contributed by atoms with Crippen LogP contribution in [0.25, 0.3) is 0 Å². The van der Waals surface area contributed by atoms with Crippen LogP contribution in [0.4, 0.5) is 0 Å². The summed E-state index contributed by atoms with van der Waals surface area (Å²) in [6.07, 6.45) is 0.443. The average molecular weight is 158 g/mol. The molecule has 0 saturated carbocycles. The summed E-state index contributed by atoms with van der Waals surface area (Å²) in [6.45, 7) is 7.54. The van der Waals surface area contributed by atoms with Crippen molar-refractivity contribution in [1.82, 2.24) is 0 Å². The van der Waals surface area contributed by atoms with E-state index < -0.39 is 0 Å². The molecule has 0 N–H and O–H groups in total. The van der Waals surface area contributed by atoms with Gasteiger partial charge in [0.1, 0.15) is 5.78 Å². The van der Waals surface area contributed by atoms with E-state index in [9.17, 15) is 4.79 Å². The van der Waals surface area contributed by atoms with Gasteiger partial charge in [-0.3, -0.25) is 4.79 Å². The molecule has 0 aromatic heterocycles. The van der Waals surface area contributed by atoms with Crippen molar-refractivity contribution in [3.05, 3.63) is 0 Å². The van der Waals surface area contributed by atoms with Crippen LogP contribution in [-0.2, 0) is 4.79 Å². The first-order valence-corrected chi connectivity index (χ1v) is 3.77. The normalized spacial score (nSPS) is 11.2. The Morgan fingerprint density at radius 2 is 1.80 bits per heavy atom. The van der Waals surface area contributed by atoms with E-state index in [-0.39, 0.29) is 11.2 Å². The predicted molar refractivity (Wildman–Crippen MR) is 47.4 cm³/mol. The van der Waals surface area contributed by atoms with E-state index in [4.69, 9.17) is 12.2 Å². The van der Waals surface area contributed by atoms with Crippen molar-refractivity contribution in [1.29, 1.82) is 0 Å². The number of carbonyl (C=O) groups excluding carboxylic acids is 1. The zero-order valence-corrected chi connectivity index (χ0v) is 7.84. The van der Waals surface area contributed by atoms with Gasteiger partial charge in [-0.05, 0) is 11.8 Å². The number of rotatable bonds is 2. The van der Waals surface area contributed by atoms with Crippen LogP contribution < -0.4 is 0 Å². The number of hydrogen-bond donors (Lipinski definition) is 0. The second-order valence-electron chi connectivity index (χ2n) is 3.55.